The lowest BCUT2D eigenvalue weighted by Crippen LogP contribution is -2.13. The molecule has 0 aromatic heterocycles. The summed E-state index contributed by atoms with van der Waals surface area (Å²) in [5, 5.41) is 23.3. The van der Waals surface area contributed by atoms with Gasteiger partial charge >= 0.3 is 10.1 Å². The highest BCUT2D eigenvalue weighted by atomic mass is 79.9. The quantitative estimate of drug-likeness (QED) is 0.0970. The van der Waals surface area contributed by atoms with Crippen molar-refractivity contribution >= 4 is 49.4 Å². The average molecular weight is 616 g/mol. The normalized spacial score (nSPS) is 11.3. The van der Waals surface area contributed by atoms with Gasteiger partial charge in [-0.3, -0.25) is 14.9 Å². The second kappa shape index (κ2) is 12.9. The number of ether oxygens (including phenoxy) is 2. The van der Waals surface area contributed by atoms with Crippen LogP contribution in [-0.4, -0.2) is 32.5 Å². The number of non-ortho nitro benzene ring substituents is 1. The number of hydrogen-bond donors (Lipinski definition) is 1. The molecule has 0 aliphatic rings. The fraction of sp³-hybridized carbons (Fsp3) is 0.154. The first-order valence-electron chi connectivity index (χ1n) is 11.4. The molecule has 0 spiro atoms. The van der Waals surface area contributed by atoms with E-state index in [1.165, 1.54) is 24.3 Å². The summed E-state index contributed by atoms with van der Waals surface area (Å²) in [5.41, 5.74) is 0.110. The van der Waals surface area contributed by atoms with Crippen molar-refractivity contribution in [2.75, 3.05) is 18.5 Å². The maximum atomic E-state index is 12.9. The highest BCUT2D eigenvalue weighted by Gasteiger charge is 2.24. The summed E-state index contributed by atoms with van der Waals surface area (Å²) in [7, 11) is -4.49. The summed E-state index contributed by atoms with van der Waals surface area (Å²) in [6.07, 6.45) is 1.30. The number of rotatable bonds is 11. The third-order valence-electron chi connectivity index (χ3n) is 4.92. The van der Waals surface area contributed by atoms with E-state index in [4.69, 9.17) is 13.7 Å². The van der Waals surface area contributed by atoms with Gasteiger partial charge in [0.25, 0.3) is 11.6 Å². The van der Waals surface area contributed by atoms with Gasteiger partial charge in [0.2, 0.25) is 0 Å². The molecule has 0 aliphatic heterocycles. The number of halogens is 1. The van der Waals surface area contributed by atoms with Crippen LogP contribution in [0.2, 0.25) is 0 Å². The van der Waals surface area contributed by atoms with E-state index < -0.39 is 31.5 Å². The number of nitrogens with zero attached hydrogens (tertiary/aromatic N) is 2. The molecule has 0 atom stereocenters. The number of amides is 1. The summed E-state index contributed by atoms with van der Waals surface area (Å²) in [6.45, 7) is 4.08. The van der Waals surface area contributed by atoms with Crippen molar-refractivity contribution in [3.63, 3.8) is 0 Å². The van der Waals surface area contributed by atoms with Gasteiger partial charge < -0.3 is 19.0 Å². The summed E-state index contributed by atoms with van der Waals surface area (Å²) in [6, 6.07) is 15.8. The number of hydrogen-bond acceptors (Lipinski definition) is 9. The lowest BCUT2D eigenvalue weighted by atomic mass is 10.1. The Morgan fingerprint density at radius 1 is 1.10 bits per heavy atom. The van der Waals surface area contributed by atoms with Crippen LogP contribution in [0.1, 0.15) is 19.4 Å². The maximum absolute atomic E-state index is 12.9. The standard InChI is InChI=1S/C26H22BrN3O8S/c1-3-36-21-9-5-7-19(14-21)29-26(31)18(16-28)11-17-12-23(27)25(24(13-17)37-4-2)38-39(34,35)22-10-6-8-20(15-22)30(32)33/h5-15H,3-4H2,1-2H3,(H,29,31)/b18-11+. The van der Waals surface area contributed by atoms with E-state index >= 15 is 0 Å². The van der Waals surface area contributed by atoms with Gasteiger partial charge in [0.05, 0.1) is 22.6 Å². The van der Waals surface area contributed by atoms with Crippen LogP contribution in [0, 0.1) is 21.4 Å². The van der Waals surface area contributed by atoms with Crippen LogP contribution in [0.3, 0.4) is 0 Å². The highest BCUT2D eigenvalue weighted by Crippen LogP contribution is 2.39. The van der Waals surface area contributed by atoms with Gasteiger partial charge in [-0.15, -0.1) is 0 Å². The van der Waals surface area contributed by atoms with E-state index in [9.17, 15) is 28.6 Å². The van der Waals surface area contributed by atoms with Crippen LogP contribution in [0.5, 0.6) is 17.2 Å². The minimum atomic E-state index is -4.49. The monoisotopic (exact) mass is 615 g/mol. The number of carbonyl (C=O) groups is 1. The topological polar surface area (TPSA) is 158 Å². The number of nitrogens with one attached hydrogen (secondary N) is 1. The van der Waals surface area contributed by atoms with Crippen molar-refractivity contribution in [2.24, 2.45) is 0 Å². The maximum Gasteiger partial charge on any atom is 0.339 e. The second-order valence-electron chi connectivity index (χ2n) is 7.64. The number of benzene rings is 3. The molecule has 0 radical (unpaired) electrons. The van der Waals surface area contributed by atoms with E-state index in [1.54, 1.807) is 31.2 Å². The van der Waals surface area contributed by atoms with Crippen molar-refractivity contribution in [1.29, 1.82) is 5.26 Å². The number of nitriles is 1. The molecule has 3 aromatic carbocycles. The molecule has 3 rings (SSSR count). The lowest BCUT2D eigenvalue weighted by Gasteiger charge is -2.14. The van der Waals surface area contributed by atoms with Gasteiger partial charge in [0.1, 0.15) is 22.3 Å². The smallest absolute Gasteiger partial charge is 0.339 e. The Bertz CT molecular complexity index is 1580. The Hall–Kier alpha value is -4.41. The minimum absolute atomic E-state index is 0.00533. The van der Waals surface area contributed by atoms with E-state index in [0.717, 1.165) is 18.2 Å². The Morgan fingerprint density at radius 2 is 1.82 bits per heavy atom. The molecule has 13 heteroatoms. The predicted molar refractivity (Wildman–Crippen MR) is 146 cm³/mol. The average Bonchev–Trinajstić information content (AvgIpc) is 2.90. The Morgan fingerprint density at radius 3 is 2.49 bits per heavy atom. The molecule has 0 unspecified atom stereocenters. The van der Waals surface area contributed by atoms with Crippen LogP contribution in [0.15, 0.2) is 75.6 Å². The SMILES string of the molecule is CCOc1cccc(NC(=O)/C(C#N)=C/c2cc(Br)c(OS(=O)(=O)c3cccc([N+](=O)[O-])c3)c(OCC)c2)c1. The molecule has 202 valence electrons. The predicted octanol–water partition coefficient (Wildman–Crippen LogP) is 5.47. The molecule has 1 N–H and O–H groups in total. The van der Waals surface area contributed by atoms with Crippen molar-refractivity contribution in [3.8, 4) is 23.3 Å². The van der Waals surface area contributed by atoms with E-state index in [-0.39, 0.29) is 28.2 Å². The van der Waals surface area contributed by atoms with Crippen molar-refractivity contribution < 1.29 is 31.8 Å². The summed E-state index contributed by atoms with van der Waals surface area (Å²) >= 11 is 3.25. The first-order chi connectivity index (χ1) is 18.6. The van der Waals surface area contributed by atoms with E-state index in [1.807, 2.05) is 13.0 Å². The van der Waals surface area contributed by atoms with E-state index in [2.05, 4.69) is 21.2 Å². The van der Waals surface area contributed by atoms with Gasteiger partial charge in [-0.1, -0.05) is 12.1 Å². The lowest BCUT2D eigenvalue weighted by molar-refractivity contribution is -0.385. The third kappa shape index (κ3) is 7.56. The molecule has 0 saturated carbocycles. The molecular formula is C26H22BrN3O8S. The molecule has 0 fully saturated rings. The van der Waals surface area contributed by atoms with Gasteiger partial charge in [0, 0.05) is 23.9 Å². The van der Waals surface area contributed by atoms with Crippen molar-refractivity contribution in [3.05, 3.63) is 86.4 Å². The number of nitro groups is 1. The first-order valence-corrected chi connectivity index (χ1v) is 13.6. The van der Waals surface area contributed by atoms with Crippen molar-refractivity contribution in [2.45, 2.75) is 18.7 Å². The summed E-state index contributed by atoms with van der Waals surface area (Å²) in [4.78, 5) is 22.7. The first kappa shape index (κ1) is 29.2. The van der Waals surface area contributed by atoms with Crippen LogP contribution in [0.4, 0.5) is 11.4 Å². The zero-order valence-corrected chi connectivity index (χ0v) is 23.1. The highest BCUT2D eigenvalue weighted by molar-refractivity contribution is 9.10. The van der Waals surface area contributed by atoms with Crippen LogP contribution < -0.4 is 19.0 Å². The van der Waals surface area contributed by atoms with Gasteiger partial charge in [-0.25, -0.2) is 0 Å². The minimum Gasteiger partial charge on any atom is -0.494 e. The molecule has 0 heterocycles. The zero-order valence-electron chi connectivity index (χ0n) is 20.7. The fourth-order valence-electron chi connectivity index (χ4n) is 3.27. The Labute approximate surface area is 233 Å². The molecule has 11 nitrogen and oxygen atoms in total. The summed E-state index contributed by atoms with van der Waals surface area (Å²) < 4.78 is 42.2. The molecule has 3 aromatic rings. The number of carbonyl (C=O) groups excluding carboxylic acids is 1. The molecule has 39 heavy (non-hydrogen) atoms. The second-order valence-corrected chi connectivity index (χ2v) is 10.0. The summed E-state index contributed by atoms with van der Waals surface area (Å²) in [5.74, 6) is -0.335. The molecule has 0 bridgehead atoms. The largest absolute Gasteiger partial charge is 0.494 e. The molecular weight excluding hydrogens is 594 g/mol. The van der Waals surface area contributed by atoms with Gasteiger partial charge in [0.15, 0.2) is 11.5 Å². The Kier molecular flexibility index (Phi) is 9.64. The third-order valence-corrected chi connectivity index (χ3v) is 6.73. The van der Waals surface area contributed by atoms with Crippen LogP contribution in [0.25, 0.3) is 6.08 Å². The van der Waals surface area contributed by atoms with Gasteiger partial charge in [-0.05, 0) is 71.7 Å². The van der Waals surface area contributed by atoms with Gasteiger partial charge in [-0.2, -0.15) is 13.7 Å². The van der Waals surface area contributed by atoms with Crippen molar-refractivity contribution in [1.82, 2.24) is 0 Å². The number of nitro benzene ring substituents is 1. The Balaban J connectivity index is 1.93. The van der Waals surface area contributed by atoms with E-state index in [0.29, 0.717) is 23.6 Å². The molecule has 0 aliphatic carbocycles. The molecule has 0 saturated heterocycles. The fourth-order valence-corrected chi connectivity index (χ4v) is 4.92. The van der Waals surface area contributed by atoms with Crippen LogP contribution >= 0.6 is 15.9 Å². The number of anilines is 1. The van der Waals surface area contributed by atoms with Crippen LogP contribution in [-0.2, 0) is 14.9 Å². The molecule has 1 amide bonds. The zero-order chi connectivity index (χ0) is 28.6.